The molecular formula is C11H16N2. The standard InChI is InChI=1S/C11H16N2/c1-9-7-10(4-6-13-9)11-3-2-5-12-8-11/h4,6-7,11-12H,2-3,5,8H2,1H3/t11-/m1/s1. The second kappa shape index (κ2) is 3.88. The zero-order valence-corrected chi connectivity index (χ0v) is 8.09. The molecule has 13 heavy (non-hydrogen) atoms. The predicted molar refractivity (Wildman–Crippen MR) is 53.8 cm³/mol. The van der Waals surface area contributed by atoms with E-state index >= 15 is 0 Å². The molecule has 0 aliphatic carbocycles. The van der Waals surface area contributed by atoms with Gasteiger partial charge in [-0.15, -0.1) is 0 Å². The van der Waals surface area contributed by atoms with Crippen LogP contribution in [0.15, 0.2) is 18.3 Å². The molecule has 2 nitrogen and oxygen atoms in total. The molecular weight excluding hydrogens is 160 g/mol. The van der Waals surface area contributed by atoms with Gasteiger partial charge >= 0.3 is 0 Å². The Morgan fingerprint density at radius 3 is 3.15 bits per heavy atom. The van der Waals surface area contributed by atoms with Crippen LogP contribution in [0.2, 0.25) is 0 Å². The minimum atomic E-state index is 0.704. The van der Waals surface area contributed by atoms with Crippen molar-refractivity contribution in [2.45, 2.75) is 25.7 Å². The normalized spacial score (nSPS) is 23.0. The van der Waals surface area contributed by atoms with Crippen molar-refractivity contribution in [3.05, 3.63) is 29.6 Å². The molecule has 0 saturated carbocycles. The average Bonchev–Trinajstić information content (AvgIpc) is 2.19. The van der Waals surface area contributed by atoms with Crippen molar-refractivity contribution in [3.8, 4) is 0 Å². The van der Waals surface area contributed by atoms with Gasteiger partial charge in [-0.1, -0.05) is 0 Å². The number of aryl methyl sites for hydroxylation is 1. The Hall–Kier alpha value is -0.890. The Balaban J connectivity index is 2.14. The van der Waals surface area contributed by atoms with E-state index in [9.17, 15) is 0 Å². The van der Waals surface area contributed by atoms with E-state index in [0.29, 0.717) is 5.92 Å². The number of hydrogen-bond acceptors (Lipinski definition) is 2. The minimum Gasteiger partial charge on any atom is -0.316 e. The lowest BCUT2D eigenvalue weighted by Crippen LogP contribution is -2.28. The van der Waals surface area contributed by atoms with Crippen molar-refractivity contribution in [1.29, 1.82) is 0 Å². The molecule has 1 aliphatic heterocycles. The van der Waals surface area contributed by atoms with E-state index < -0.39 is 0 Å². The van der Waals surface area contributed by atoms with Gasteiger partial charge in [0.05, 0.1) is 0 Å². The van der Waals surface area contributed by atoms with Crippen molar-refractivity contribution in [2.75, 3.05) is 13.1 Å². The molecule has 2 rings (SSSR count). The maximum atomic E-state index is 4.21. The summed E-state index contributed by atoms with van der Waals surface area (Å²) in [7, 11) is 0. The molecule has 1 N–H and O–H groups in total. The average molecular weight is 176 g/mol. The molecule has 1 atom stereocenters. The van der Waals surface area contributed by atoms with Crippen LogP contribution >= 0.6 is 0 Å². The lowest BCUT2D eigenvalue weighted by atomic mass is 9.92. The van der Waals surface area contributed by atoms with Crippen LogP contribution in [0.3, 0.4) is 0 Å². The van der Waals surface area contributed by atoms with E-state index in [2.05, 4.69) is 29.4 Å². The largest absolute Gasteiger partial charge is 0.316 e. The van der Waals surface area contributed by atoms with Gasteiger partial charge in [0.25, 0.3) is 0 Å². The van der Waals surface area contributed by atoms with Gasteiger partial charge in [-0.25, -0.2) is 0 Å². The Bertz CT molecular complexity index is 277. The predicted octanol–water partition coefficient (Wildman–Crippen LogP) is 1.86. The highest BCUT2D eigenvalue weighted by Gasteiger charge is 2.14. The molecule has 0 radical (unpaired) electrons. The number of hydrogen-bond donors (Lipinski definition) is 1. The number of piperidine rings is 1. The first kappa shape index (κ1) is 8.70. The first-order valence-corrected chi connectivity index (χ1v) is 4.99. The maximum absolute atomic E-state index is 4.21. The van der Waals surface area contributed by atoms with Gasteiger partial charge in [0.2, 0.25) is 0 Å². The quantitative estimate of drug-likeness (QED) is 0.706. The van der Waals surface area contributed by atoms with E-state index in [4.69, 9.17) is 0 Å². The van der Waals surface area contributed by atoms with Gasteiger partial charge in [0.1, 0.15) is 0 Å². The lowest BCUT2D eigenvalue weighted by molar-refractivity contribution is 0.461. The summed E-state index contributed by atoms with van der Waals surface area (Å²) in [6.45, 7) is 4.36. The van der Waals surface area contributed by atoms with Crippen molar-refractivity contribution >= 4 is 0 Å². The molecule has 2 heterocycles. The fourth-order valence-corrected chi connectivity index (χ4v) is 1.96. The number of nitrogens with zero attached hydrogens (tertiary/aromatic N) is 1. The molecule has 1 aliphatic rings. The van der Waals surface area contributed by atoms with Gasteiger partial charge in [-0.3, -0.25) is 4.98 Å². The van der Waals surface area contributed by atoms with Crippen molar-refractivity contribution < 1.29 is 0 Å². The number of pyridine rings is 1. The summed E-state index contributed by atoms with van der Waals surface area (Å²) in [4.78, 5) is 4.21. The molecule has 70 valence electrons. The van der Waals surface area contributed by atoms with Crippen LogP contribution in [0.5, 0.6) is 0 Å². The van der Waals surface area contributed by atoms with E-state index in [-0.39, 0.29) is 0 Å². The second-order valence-corrected chi connectivity index (χ2v) is 3.77. The summed E-state index contributed by atoms with van der Waals surface area (Å²) in [6.07, 6.45) is 4.53. The third-order valence-corrected chi connectivity index (χ3v) is 2.69. The molecule has 0 bridgehead atoms. The maximum Gasteiger partial charge on any atom is 0.0375 e. The summed E-state index contributed by atoms with van der Waals surface area (Å²) in [5, 5.41) is 3.43. The van der Waals surface area contributed by atoms with Crippen LogP contribution < -0.4 is 5.32 Å². The fourth-order valence-electron chi connectivity index (χ4n) is 1.96. The third kappa shape index (κ3) is 2.07. The first-order chi connectivity index (χ1) is 6.36. The molecule has 0 aromatic carbocycles. The highest BCUT2D eigenvalue weighted by Crippen LogP contribution is 2.22. The first-order valence-electron chi connectivity index (χ1n) is 4.99. The van der Waals surface area contributed by atoms with Crippen LogP contribution in [0.1, 0.15) is 30.0 Å². The summed E-state index contributed by atoms with van der Waals surface area (Å²) >= 11 is 0. The van der Waals surface area contributed by atoms with E-state index in [0.717, 1.165) is 12.2 Å². The summed E-state index contributed by atoms with van der Waals surface area (Å²) in [6, 6.07) is 4.35. The molecule has 0 spiro atoms. The zero-order valence-electron chi connectivity index (χ0n) is 8.09. The highest BCUT2D eigenvalue weighted by molar-refractivity contribution is 5.20. The van der Waals surface area contributed by atoms with Gasteiger partial charge < -0.3 is 5.32 Å². The van der Waals surface area contributed by atoms with Crippen LogP contribution in [0, 0.1) is 6.92 Å². The molecule has 1 saturated heterocycles. The summed E-state index contributed by atoms with van der Waals surface area (Å²) < 4.78 is 0. The van der Waals surface area contributed by atoms with Crippen molar-refractivity contribution in [1.82, 2.24) is 10.3 Å². The second-order valence-electron chi connectivity index (χ2n) is 3.77. The molecule has 1 aromatic rings. The number of aromatic nitrogens is 1. The Labute approximate surface area is 79.4 Å². The van der Waals surface area contributed by atoms with Gasteiger partial charge in [-0.05, 0) is 49.9 Å². The Morgan fingerprint density at radius 2 is 2.46 bits per heavy atom. The topological polar surface area (TPSA) is 24.9 Å². The van der Waals surface area contributed by atoms with E-state index in [1.807, 2.05) is 6.20 Å². The SMILES string of the molecule is Cc1cc([C@@H]2CCCNC2)ccn1. The molecule has 0 amide bonds. The Kier molecular flexibility index (Phi) is 2.60. The Morgan fingerprint density at radius 1 is 1.54 bits per heavy atom. The van der Waals surface area contributed by atoms with Crippen molar-refractivity contribution in [3.63, 3.8) is 0 Å². The fraction of sp³-hybridized carbons (Fsp3) is 0.545. The van der Waals surface area contributed by atoms with Crippen LogP contribution in [0.4, 0.5) is 0 Å². The van der Waals surface area contributed by atoms with Gasteiger partial charge in [0.15, 0.2) is 0 Å². The lowest BCUT2D eigenvalue weighted by Gasteiger charge is -2.23. The number of nitrogens with one attached hydrogen (secondary N) is 1. The summed E-state index contributed by atoms with van der Waals surface area (Å²) in [5.74, 6) is 0.704. The number of rotatable bonds is 1. The smallest absolute Gasteiger partial charge is 0.0375 e. The highest BCUT2D eigenvalue weighted by atomic mass is 14.9. The van der Waals surface area contributed by atoms with E-state index in [1.54, 1.807) is 0 Å². The summed E-state index contributed by atoms with van der Waals surface area (Å²) in [5.41, 5.74) is 2.57. The third-order valence-electron chi connectivity index (χ3n) is 2.69. The van der Waals surface area contributed by atoms with Crippen LogP contribution in [-0.4, -0.2) is 18.1 Å². The minimum absolute atomic E-state index is 0.704. The monoisotopic (exact) mass is 176 g/mol. The molecule has 1 fully saturated rings. The van der Waals surface area contributed by atoms with E-state index in [1.165, 1.54) is 24.9 Å². The zero-order chi connectivity index (χ0) is 9.10. The van der Waals surface area contributed by atoms with Crippen LogP contribution in [-0.2, 0) is 0 Å². The van der Waals surface area contributed by atoms with Crippen molar-refractivity contribution in [2.24, 2.45) is 0 Å². The van der Waals surface area contributed by atoms with Gasteiger partial charge in [0, 0.05) is 18.4 Å². The molecule has 2 heteroatoms. The molecule has 0 unspecified atom stereocenters. The molecule has 1 aromatic heterocycles. The van der Waals surface area contributed by atoms with Crippen LogP contribution in [0.25, 0.3) is 0 Å². The van der Waals surface area contributed by atoms with Gasteiger partial charge in [-0.2, -0.15) is 0 Å².